The molecule has 104 valence electrons. The highest BCUT2D eigenvalue weighted by molar-refractivity contribution is 9.10. The molecule has 0 aliphatic carbocycles. The summed E-state index contributed by atoms with van der Waals surface area (Å²) in [5.41, 5.74) is 1.49. The second-order valence-corrected chi connectivity index (χ2v) is 6.07. The maximum atomic E-state index is 12.4. The minimum atomic E-state index is -0.0662. The molecule has 0 aliphatic rings. The molecule has 0 spiro atoms. The monoisotopic (exact) mass is 371 g/mol. The van der Waals surface area contributed by atoms with Gasteiger partial charge in [0.15, 0.2) is 0 Å². The van der Waals surface area contributed by atoms with Crippen molar-refractivity contribution >= 4 is 45.0 Å². The van der Waals surface area contributed by atoms with E-state index in [1.807, 2.05) is 24.3 Å². The molecule has 2 aromatic carbocycles. The zero-order chi connectivity index (χ0) is 14.7. The minimum absolute atomic E-state index is 0.0662. The lowest BCUT2D eigenvalue weighted by atomic mass is 10.1. The van der Waals surface area contributed by atoms with Crippen molar-refractivity contribution in [1.29, 1.82) is 0 Å². The van der Waals surface area contributed by atoms with E-state index >= 15 is 0 Å². The Kier molecular flexibility index (Phi) is 5.08. The first-order chi connectivity index (χ1) is 9.49. The number of nitrogens with zero attached hydrogens (tertiary/aromatic N) is 1. The largest absolute Gasteiger partial charge is 0.337 e. The van der Waals surface area contributed by atoms with Gasteiger partial charge in [-0.15, -0.1) is 0 Å². The average Bonchev–Trinajstić information content (AvgIpc) is 2.41. The van der Waals surface area contributed by atoms with Gasteiger partial charge in [0.05, 0.1) is 5.56 Å². The molecular weight excluding hydrogens is 361 g/mol. The van der Waals surface area contributed by atoms with E-state index in [1.54, 1.807) is 30.1 Å². The second-order valence-electron chi connectivity index (χ2n) is 4.38. The van der Waals surface area contributed by atoms with Gasteiger partial charge in [-0.1, -0.05) is 41.4 Å². The summed E-state index contributed by atoms with van der Waals surface area (Å²) in [5, 5.41) is 1.14. The van der Waals surface area contributed by atoms with Gasteiger partial charge in [-0.3, -0.25) is 4.79 Å². The fourth-order valence-corrected chi connectivity index (χ4v) is 2.74. The van der Waals surface area contributed by atoms with Crippen LogP contribution in [0.3, 0.4) is 0 Å². The first-order valence-corrected chi connectivity index (χ1v) is 7.48. The van der Waals surface area contributed by atoms with Crippen LogP contribution < -0.4 is 0 Å². The molecule has 2 aromatic rings. The molecule has 0 aliphatic heterocycles. The Bertz CT molecular complexity index is 646. The summed E-state index contributed by atoms with van der Waals surface area (Å²) < 4.78 is 0.777. The number of benzene rings is 2. The fraction of sp³-hybridized carbons (Fsp3) is 0.133. The number of carbonyl (C=O) groups excluding carboxylic acids is 1. The molecule has 0 atom stereocenters. The van der Waals surface area contributed by atoms with E-state index in [0.717, 1.165) is 10.0 Å². The summed E-state index contributed by atoms with van der Waals surface area (Å²) in [6.45, 7) is 0.427. The molecular formula is C15H12BrCl2NO. The lowest BCUT2D eigenvalue weighted by molar-refractivity contribution is 0.0784. The smallest absolute Gasteiger partial charge is 0.255 e. The van der Waals surface area contributed by atoms with E-state index in [9.17, 15) is 4.79 Å². The highest BCUT2D eigenvalue weighted by Crippen LogP contribution is 2.23. The normalized spacial score (nSPS) is 10.4. The van der Waals surface area contributed by atoms with Crippen LogP contribution in [-0.4, -0.2) is 17.9 Å². The highest BCUT2D eigenvalue weighted by Gasteiger charge is 2.15. The molecule has 0 bridgehead atoms. The van der Waals surface area contributed by atoms with Crippen LogP contribution in [0.25, 0.3) is 0 Å². The van der Waals surface area contributed by atoms with Gasteiger partial charge < -0.3 is 4.90 Å². The SMILES string of the molecule is CN(Cc1ccc(Cl)cc1Cl)C(=O)c1ccccc1Br. The molecule has 2 nitrogen and oxygen atoms in total. The molecule has 0 fully saturated rings. The van der Waals surface area contributed by atoms with Gasteiger partial charge in [0, 0.05) is 28.1 Å². The second kappa shape index (κ2) is 6.61. The summed E-state index contributed by atoms with van der Waals surface area (Å²) in [5.74, 6) is -0.0662. The quantitative estimate of drug-likeness (QED) is 0.739. The summed E-state index contributed by atoms with van der Waals surface area (Å²) in [4.78, 5) is 14.0. The topological polar surface area (TPSA) is 20.3 Å². The first-order valence-electron chi connectivity index (χ1n) is 5.93. The van der Waals surface area contributed by atoms with E-state index in [-0.39, 0.29) is 5.91 Å². The standard InChI is InChI=1S/C15H12BrCl2NO/c1-19(9-10-6-7-11(17)8-14(10)18)15(20)12-4-2-3-5-13(12)16/h2-8H,9H2,1H3. The molecule has 5 heteroatoms. The Hall–Kier alpha value is -1.03. The summed E-state index contributed by atoms with van der Waals surface area (Å²) >= 11 is 15.4. The van der Waals surface area contributed by atoms with Crippen molar-refractivity contribution in [2.24, 2.45) is 0 Å². The Morgan fingerprint density at radius 2 is 1.90 bits per heavy atom. The number of rotatable bonds is 3. The maximum absolute atomic E-state index is 12.4. The Balaban J connectivity index is 2.18. The molecule has 2 rings (SSSR count). The van der Waals surface area contributed by atoms with E-state index in [2.05, 4.69) is 15.9 Å². The van der Waals surface area contributed by atoms with Gasteiger partial charge in [0.2, 0.25) is 0 Å². The van der Waals surface area contributed by atoms with Crippen molar-refractivity contribution in [2.75, 3.05) is 7.05 Å². The number of hydrogen-bond donors (Lipinski definition) is 0. The predicted octanol–water partition coefficient (Wildman–Crippen LogP) is 5.03. The molecule has 1 amide bonds. The van der Waals surface area contributed by atoms with Crippen molar-refractivity contribution in [1.82, 2.24) is 4.90 Å². The number of hydrogen-bond acceptors (Lipinski definition) is 1. The van der Waals surface area contributed by atoms with Crippen LogP contribution in [0.15, 0.2) is 46.9 Å². The molecule has 0 saturated heterocycles. The van der Waals surface area contributed by atoms with Crippen molar-refractivity contribution in [3.63, 3.8) is 0 Å². The maximum Gasteiger partial charge on any atom is 0.255 e. The average molecular weight is 373 g/mol. The van der Waals surface area contributed by atoms with Crippen molar-refractivity contribution < 1.29 is 4.79 Å². The van der Waals surface area contributed by atoms with Crippen LogP contribution >= 0.6 is 39.1 Å². The lowest BCUT2D eigenvalue weighted by Gasteiger charge is -2.19. The Morgan fingerprint density at radius 1 is 1.20 bits per heavy atom. The summed E-state index contributed by atoms with van der Waals surface area (Å²) in [6, 6.07) is 12.6. The molecule has 0 unspecified atom stereocenters. The van der Waals surface area contributed by atoms with Crippen molar-refractivity contribution in [3.05, 3.63) is 68.1 Å². The third-order valence-electron chi connectivity index (χ3n) is 2.87. The fourth-order valence-electron chi connectivity index (χ4n) is 1.82. The van der Waals surface area contributed by atoms with Crippen LogP contribution in [0.5, 0.6) is 0 Å². The lowest BCUT2D eigenvalue weighted by Crippen LogP contribution is -2.26. The van der Waals surface area contributed by atoms with Gasteiger partial charge >= 0.3 is 0 Å². The van der Waals surface area contributed by atoms with Gasteiger partial charge in [0.1, 0.15) is 0 Å². The summed E-state index contributed by atoms with van der Waals surface area (Å²) in [7, 11) is 1.74. The van der Waals surface area contributed by atoms with Crippen LogP contribution in [0.4, 0.5) is 0 Å². The molecule has 0 saturated carbocycles. The Labute approximate surface area is 136 Å². The van der Waals surface area contributed by atoms with Gasteiger partial charge in [0.25, 0.3) is 5.91 Å². The van der Waals surface area contributed by atoms with Crippen LogP contribution in [0.2, 0.25) is 10.0 Å². The number of halogens is 3. The zero-order valence-electron chi connectivity index (χ0n) is 10.7. The Morgan fingerprint density at radius 3 is 2.55 bits per heavy atom. The molecule has 0 N–H and O–H groups in total. The summed E-state index contributed by atoms with van der Waals surface area (Å²) in [6.07, 6.45) is 0. The van der Waals surface area contributed by atoms with Crippen LogP contribution in [0, 0.1) is 0 Å². The number of amides is 1. The van der Waals surface area contributed by atoms with E-state index in [4.69, 9.17) is 23.2 Å². The van der Waals surface area contributed by atoms with Crippen molar-refractivity contribution in [2.45, 2.75) is 6.54 Å². The third kappa shape index (κ3) is 3.54. The van der Waals surface area contributed by atoms with Gasteiger partial charge in [-0.05, 0) is 45.8 Å². The van der Waals surface area contributed by atoms with E-state index in [1.165, 1.54) is 0 Å². The zero-order valence-corrected chi connectivity index (χ0v) is 13.8. The molecule has 20 heavy (non-hydrogen) atoms. The van der Waals surface area contributed by atoms with Gasteiger partial charge in [-0.25, -0.2) is 0 Å². The van der Waals surface area contributed by atoms with Crippen LogP contribution in [-0.2, 0) is 6.54 Å². The third-order valence-corrected chi connectivity index (χ3v) is 4.15. The molecule has 0 heterocycles. The molecule has 0 radical (unpaired) electrons. The van der Waals surface area contributed by atoms with E-state index in [0.29, 0.717) is 22.2 Å². The molecule has 0 aromatic heterocycles. The predicted molar refractivity (Wildman–Crippen MR) is 86.4 cm³/mol. The number of carbonyl (C=O) groups is 1. The highest BCUT2D eigenvalue weighted by atomic mass is 79.9. The van der Waals surface area contributed by atoms with Gasteiger partial charge in [-0.2, -0.15) is 0 Å². The van der Waals surface area contributed by atoms with Crippen LogP contribution in [0.1, 0.15) is 15.9 Å². The van der Waals surface area contributed by atoms with Crippen molar-refractivity contribution in [3.8, 4) is 0 Å². The first kappa shape index (κ1) is 15.4. The minimum Gasteiger partial charge on any atom is -0.337 e. The van der Waals surface area contributed by atoms with E-state index < -0.39 is 0 Å².